The van der Waals surface area contributed by atoms with E-state index in [1.807, 2.05) is 0 Å². The highest BCUT2D eigenvalue weighted by atomic mass is 32.2. The van der Waals surface area contributed by atoms with Crippen molar-refractivity contribution in [2.24, 2.45) is 11.3 Å². The first kappa shape index (κ1) is 13.0. The molecule has 3 nitrogen and oxygen atoms in total. The van der Waals surface area contributed by atoms with E-state index in [4.69, 9.17) is 0 Å². The molecule has 1 aliphatic rings. The fourth-order valence-corrected chi connectivity index (χ4v) is 3.17. The fraction of sp³-hybridized carbons (Fsp3) is 1.00. The normalized spacial score (nSPS) is 26.3. The third-order valence-electron chi connectivity index (χ3n) is 3.38. The summed E-state index contributed by atoms with van der Waals surface area (Å²) in [6.07, 6.45) is 4.45. The monoisotopic (exact) mass is 233 g/mol. The number of hydrogen-bond donors (Lipinski definition) is 0. The molecule has 1 saturated heterocycles. The van der Waals surface area contributed by atoms with Gasteiger partial charge in [-0.05, 0) is 30.6 Å². The van der Waals surface area contributed by atoms with Gasteiger partial charge in [0.15, 0.2) is 0 Å². The number of hydrogen-bond acceptors (Lipinski definition) is 2. The zero-order valence-corrected chi connectivity index (χ0v) is 11.1. The molecular weight excluding hydrogens is 210 g/mol. The maximum absolute atomic E-state index is 11.4. The molecule has 0 bridgehead atoms. The quantitative estimate of drug-likeness (QED) is 0.695. The average molecular weight is 233 g/mol. The van der Waals surface area contributed by atoms with Crippen LogP contribution in [0.4, 0.5) is 0 Å². The summed E-state index contributed by atoms with van der Waals surface area (Å²) in [6, 6.07) is 0. The van der Waals surface area contributed by atoms with E-state index in [-0.39, 0.29) is 0 Å². The molecule has 0 aromatic heterocycles. The van der Waals surface area contributed by atoms with Crippen LogP contribution in [0.25, 0.3) is 0 Å². The minimum absolute atomic E-state index is 0.299. The predicted molar refractivity (Wildman–Crippen MR) is 63.2 cm³/mol. The van der Waals surface area contributed by atoms with Gasteiger partial charge in [0, 0.05) is 13.1 Å². The lowest BCUT2D eigenvalue weighted by atomic mass is 9.77. The van der Waals surface area contributed by atoms with E-state index in [1.54, 1.807) is 4.31 Å². The van der Waals surface area contributed by atoms with Gasteiger partial charge in [-0.1, -0.05) is 20.8 Å². The summed E-state index contributed by atoms with van der Waals surface area (Å²) in [4.78, 5) is 0. The zero-order valence-electron chi connectivity index (χ0n) is 10.3. The van der Waals surface area contributed by atoms with Crippen LogP contribution in [0.15, 0.2) is 0 Å². The van der Waals surface area contributed by atoms with Gasteiger partial charge in [-0.2, -0.15) is 0 Å². The van der Waals surface area contributed by atoms with Crippen molar-refractivity contribution in [3.05, 3.63) is 0 Å². The van der Waals surface area contributed by atoms with E-state index in [1.165, 1.54) is 6.26 Å². The molecule has 1 atom stereocenters. The molecule has 0 saturated carbocycles. The Hall–Kier alpha value is -0.0900. The van der Waals surface area contributed by atoms with Crippen LogP contribution in [0.2, 0.25) is 0 Å². The molecule has 0 aromatic carbocycles. The summed E-state index contributed by atoms with van der Waals surface area (Å²) in [5, 5.41) is 0. The van der Waals surface area contributed by atoms with Crippen LogP contribution < -0.4 is 0 Å². The Morgan fingerprint density at radius 1 is 1.13 bits per heavy atom. The van der Waals surface area contributed by atoms with Crippen molar-refractivity contribution in [3.8, 4) is 0 Å². The Bertz CT molecular complexity index is 303. The van der Waals surface area contributed by atoms with Gasteiger partial charge >= 0.3 is 0 Å². The lowest BCUT2D eigenvalue weighted by Crippen LogP contribution is -2.31. The lowest BCUT2D eigenvalue weighted by molar-refractivity contribution is 0.217. The van der Waals surface area contributed by atoms with Gasteiger partial charge in [-0.15, -0.1) is 0 Å². The van der Waals surface area contributed by atoms with Crippen molar-refractivity contribution in [3.63, 3.8) is 0 Å². The summed E-state index contributed by atoms with van der Waals surface area (Å²) >= 11 is 0. The summed E-state index contributed by atoms with van der Waals surface area (Å²) in [5.41, 5.74) is 0.299. The summed E-state index contributed by atoms with van der Waals surface area (Å²) in [6.45, 7) is 8.13. The number of nitrogens with zero attached hydrogens (tertiary/aromatic N) is 1. The van der Waals surface area contributed by atoms with Gasteiger partial charge in [0.25, 0.3) is 0 Å². The van der Waals surface area contributed by atoms with E-state index in [0.29, 0.717) is 24.4 Å². The molecule has 0 amide bonds. The van der Waals surface area contributed by atoms with Crippen molar-refractivity contribution >= 4 is 10.0 Å². The fourth-order valence-electron chi connectivity index (χ4n) is 2.27. The van der Waals surface area contributed by atoms with E-state index in [9.17, 15) is 8.42 Å². The van der Waals surface area contributed by atoms with Crippen LogP contribution in [-0.2, 0) is 10.0 Å². The molecule has 1 aliphatic heterocycles. The van der Waals surface area contributed by atoms with Crippen molar-refractivity contribution < 1.29 is 8.42 Å². The van der Waals surface area contributed by atoms with Gasteiger partial charge in [0.1, 0.15) is 0 Å². The average Bonchev–Trinajstić information content (AvgIpc) is 2.24. The van der Waals surface area contributed by atoms with Crippen LogP contribution in [0.3, 0.4) is 0 Å². The number of rotatable bonds is 1. The standard InChI is InChI=1S/C11H23NO2S/c1-11(2,3)10-6-5-8-12(9-7-10)15(4,13)14/h10H,5-9H2,1-4H3/t10-/m1/s1. The van der Waals surface area contributed by atoms with Crippen molar-refractivity contribution in [2.75, 3.05) is 19.3 Å². The maximum Gasteiger partial charge on any atom is 0.211 e. The van der Waals surface area contributed by atoms with Crippen molar-refractivity contribution in [1.82, 2.24) is 4.31 Å². The first-order chi connectivity index (χ1) is 6.71. The van der Waals surface area contributed by atoms with E-state index in [0.717, 1.165) is 19.3 Å². The predicted octanol–water partition coefficient (Wildman–Crippen LogP) is 2.09. The smallest absolute Gasteiger partial charge is 0.211 e. The third-order valence-corrected chi connectivity index (χ3v) is 4.68. The lowest BCUT2D eigenvalue weighted by Gasteiger charge is -2.29. The summed E-state index contributed by atoms with van der Waals surface area (Å²) < 4.78 is 24.5. The summed E-state index contributed by atoms with van der Waals surface area (Å²) in [7, 11) is -2.98. The second kappa shape index (κ2) is 4.42. The molecule has 1 fully saturated rings. The molecule has 0 radical (unpaired) electrons. The molecule has 90 valence electrons. The zero-order chi connectivity index (χ0) is 11.7. The molecular formula is C11H23NO2S. The molecule has 0 N–H and O–H groups in total. The highest BCUT2D eigenvalue weighted by molar-refractivity contribution is 7.88. The van der Waals surface area contributed by atoms with Crippen LogP contribution in [0.5, 0.6) is 0 Å². The molecule has 4 heteroatoms. The Balaban J connectivity index is 2.65. The topological polar surface area (TPSA) is 37.4 Å². The van der Waals surface area contributed by atoms with E-state index < -0.39 is 10.0 Å². The minimum atomic E-state index is -2.98. The van der Waals surface area contributed by atoms with Gasteiger partial charge in [0.05, 0.1) is 6.26 Å². The highest BCUT2D eigenvalue weighted by Gasteiger charge is 2.29. The van der Waals surface area contributed by atoms with E-state index >= 15 is 0 Å². The van der Waals surface area contributed by atoms with Crippen LogP contribution >= 0.6 is 0 Å². The van der Waals surface area contributed by atoms with Crippen molar-refractivity contribution in [1.29, 1.82) is 0 Å². The van der Waals surface area contributed by atoms with Gasteiger partial charge in [-0.25, -0.2) is 12.7 Å². The Morgan fingerprint density at radius 2 is 1.73 bits per heavy atom. The minimum Gasteiger partial charge on any atom is -0.213 e. The van der Waals surface area contributed by atoms with E-state index in [2.05, 4.69) is 20.8 Å². The Morgan fingerprint density at radius 3 is 2.20 bits per heavy atom. The van der Waals surface area contributed by atoms with Crippen LogP contribution in [0, 0.1) is 11.3 Å². The third kappa shape index (κ3) is 3.76. The SMILES string of the molecule is CC(C)(C)[C@@H]1CCCN(S(C)(=O)=O)CC1. The molecule has 0 aliphatic carbocycles. The maximum atomic E-state index is 11.4. The summed E-state index contributed by atoms with van der Waals surface area (Å²) in [5.74, 6) is 0.643. The largest absolute Gasteiger partial charge is 0.213 e. The second-order valence-electron chi connectivity index (χ2n) is 5.66. The van der Waals surface area contributed by atoms with Gasteiger partial charge < -0.3 is 0 Å². The Kier molecular flexibility index (Phi) is 3.82. The first-order valence-corrected chi connectivity index (χ1v) is 7.51. The molecule has 15 heavy (non-hydrogen) atoms. The molecule has 0 unspecified atom stereocenters. The first-order valence-electron chi connectivity index (χ1n) is 5.66. The van der Waals surface area contributed by atoms with Crippen molar-refractivity contribution in [2.45, 2.75) is 40.0 Å². The van der Waals surface area contributed by atoms with Crippen LogP contribution in [0.1, 0.15) is 40.0 Å². The molecule has 0 aromatic rings. The Labute approximate surface area is 93.9 Å². The molecule has 0 spiro atoms. The number of sulfonamides is 1. The van der Waals surface area contributed by atoms with Gasteiger partial charge in [-0.3, -0.25) is 0 Å². The molecule has 1 rings (SSSR count). The van der Waals surface area contributed by atoms with Gasteiger partial charge in [0.2, 0.25) is 10.0 Å². The van der Waals surface area contributed by atoms with Crippen LogP contribution in [-0.4, -0.2) is 32.1 Å². The highest BCUT2D eigenvalue weighted by Crippen LogP contribution is 2.34. The molecule has 1 heterocycles. The second-order valence-corrected chi connectivity index (χ2v) is 7.64.